The molecule has 0 atom stereocenters. The minimum atomic E-state index is -0.266. The lowest BCUT2D eigenvalue weighted by molar-refractivity contribution is 0.101. The first-order valence-electron chi connectivity index (χ1n) is 5.67. The molecule has 0 aliphatic carbocycles. The Morgan fingerprint density at radius 1 is 1.56 bits per heavy atom. The molecule has 2 rings (SSSR count). The summed E-state index contributed by atoms with van der Waals surface area (Å²) in [4.78, 5) is 16.2. The number of anilines is 2. The van der Waals surface area contributed by atoms with Gasteiger partial charge in [0.2, 0.25) is 0 Å². The smallest absolute Gasteiger partial charge is 0.276 e. The molecule has 0 spiro atoms. The lowest BCUT2D eigenvalue weighted by atomic mass is 10.3. The highest BCUT2D eigenvalue weighted by Crippen LogP contribution is 2.14. The summed E-state index contributed by atoms with van der Waals surface area (Å²) < 4.78 is 1.57. The van der Waals surface area contributed by atoms with Crippen LogP contribution in [0.25, 0.3) is 0 Å². The molecule has 0 saturated heterocycles. The van der Waals surface area contributed by atoms with Gasteiger partial charge < -0.3 is 11.1 Å². The van der Waals surface area contributed by atoms with Gasteiger partial charge in [-0.15, -0.1) is 0 Å². The van der Waals surface area contributed by atoms with Crippen molar-refractivity contribution in [3.05, 3.63) is 35.9 Å². The molecule has 0 aliphatic rings. The van der Waals surface area contributed by atoms with Crippen LogP contribution in [-0.2, 0) is 6.54 Å². The third-order valence-corrected chi connectivity index (χ3v) is 2.54. The molecule has 3 N–H and O–H groups in total. The van der Waals surface area contributed by atoms with E-state index >= 15 is 0 Å². The number of rotatable bonds is 3. The summed E-state index contributed by atoms with van der Waals surface area (Å²) in [6, 6.07) is 3.52. The summed E-state index contributed by atoms with van der Waals surface area (Å²) in [6.45, 7) is 4.36. The lowest BCUT2D eigenvalue weighted by Gasteiger charge is -2.07. The van der Waals surface area contributed by atoms with Crippen LogP contribution in [0.2, 0.25) is 0 Å². The minimum absolute atomic E-state index is 0.266. The quantitative estimate of drug-likeness (QED) is 0.856. The Labute approximate surface area is 105 Å². The topological polar surface area (TPSA) is 85.8 Å². The van der Waals surface area contributed by atoms with Gasteiger partial charge in [-0.3, -0.25) is 14.5 Å². The predicted molar refractivity (Wildman–Crippen MR) is 69.2 cm³/mol. The molecule has 0 unspecified atom stereocenters. The van der Waals surface area contributed by atoms with Crippen LogP contribution in [-0.4, -0.2) is 20.7 Å². The van der Waals surface area contributed by atoms with Crippen molar-refractivity contribution in [2.45, 2.75) is 20.4 Å². The summed E-state index contributed by atoms with van der Waals surface area (Å²) in [6.07, 6.45) is 3.13. The summed E-state index contributed by atoms with van der Waals surface area (Å²) in [5.74, 6) is -0.266. The van der Waals surface area contributed by atoms with Crippen LogP contribution in [0.5, 0.6) is 0 Å². The van der Waals surface area contributed by atoms with E-state index in [4.69, 9.17) is 5.73 Å². The van der Waals surface area contributed by atoms with Crippen molar-refractivity contribution in [2.75, 3.05) is 11.1 Å². The van der Waals surface area contributed by atoms with Gasteiger partial charge in [-0.2, -0.15) is 5.10 Å². The normalized spacial score (nSPS) is 10.3. The number of hydrogen-bond acceptors (Lipinski definition) is 4. The first-order valence-corrected chi connectivity index (χ1v) is 5.67. The molecule has 6 nitrogen and oxygen atoms in total. The number of hydrogen-bond donors (Lipinski definition) is 2. The number of carbonyl (C=O) groups is 1. The Kier molecular flexibility index (Phi) is 3.27. The Hall–Kier alpha value is -2.37. The van der Waals surface area contributed by atoms with Gasteiger partial charge in [0.1, 0.15) is 5.69 Å². The molecule has 0 saturated carbocycles. The van der Waals surface area contributed by atoms with Crippen molar-refractivity contribution < 1.29 is 4.79 Å². The van der Waals surface area contributed by atoms with Crippen molar-refractivity contribution in [3.8, 4) is 0 Å². The third kappa shape index (κ3) is 2.32. The van der Waals surface area contributed by atoms with Crippen LogP contribution in [0.4, 0.5) is 11.4 Å². The zero-order valence-electron chi connectivity index (χ0n) is 10.3. The van der Waals surface area contributed by atoms with E-state index in [1.54, 1.807) is 23.0 Å². The van der Waals surface area contributed by atoms with Crippen molar-refractivity contribution >= 4 is 17.3 Å². The Morgan fingerprint density at radius 3 is 3.00 bits per heavy atom. The fourth-order valence-corrected chi connectivity index (χ4v) is 1.70. The molecule has 2 heterocycles. The zero-order valence-corrected chi connectivity index (χ0v) is 10.3. The maximum absolute atomic E-state index is 12.1. The van der Waals surface area contributed by atoms with E-state index in [0.29, 0.717) is 23.6 Å². The van der Waals surface area contributed by atoms with Crippen LogP contribution in [0.15, 0.2) is 24.5 Å². The fraction of sp³-hybridized carbons (Fsp3) is 0.250. The van der Waals surface area contributed by atoms with E-state index in [0.717, 1.165) is 5.69 Å². The van der Waals surface area contributed by atoms with E-state index in [1.165, 1.54) is 6.20 Å². The average molecular weight is 245 g/mol. The minimum Gasteiger partial charge on any atom is -0.396 e. The summed E-state index contributed by atoms with van der Waals surface area (Å²) in [5, 5.41) is 6.81. The highest BCUT2D eigenvalue weighted by molar-refractivity contribution is 6.06. The van der Waals surface area contributed by atoms with Crippen LogP contribution in [0.1, 0.15) is 23.1 Å². The number of nitrogen functional groups attached to an aromatic ring is 1. The maximum Gasteiger partial charge on any atom is 0.276 e. The molecular formula is C12H15N5O. The van der Waals surface area contributed by atoms with Gasteiger partial charge in [-0.05, 0) is 26.0 Å². The predicted octanol–water partition coefficient (Wildman–Crippen LogP) is 1.44. The fourth-order valence-electron chi connectivity index (χ4n) is 1.70. The third-order valence-electron chi connectivity index (χ3n) is 2.54. The molecule has 0 radical (unpaired) electrons. The van der Waals surface area contributed by atoms with Crippen molar-refractivity contribution in [1.82, 2.24) is 14.8 Å². The second-order valence-corrected chi connectivity index (χ2v) is 3.90. The molecule has 0 fully saturated rings. The number of aryl methyl sites for hydroxylation is 2. The molecule has 18 heavy (non-hydrogen) atoms. The molecule has 0 aromatic carbocycles. The Morgan fingerprint density at radius 2 is 2.33 bits per heavy atom. The van der Waals surface area contributed by atoms with E-state index < -0.39 is 0 Å². The van der Waals surface area contributed by atoms with Gasteiger partial charge in [0, 0.05) is 24.1 Å². The second-order valence-electron chi connectivity index (χ2n) is 3.90. The number of amides is 1. The molecular weight excluding hydrogens is 230 g/mol. The van der Waals surface area contributed by atoms with Crippen LogP contribution >= 0.6 is 0 Å². The zero-order chi connectivity index (χ0) is 13.1. The Balaban J connectivity index is 2.24. The monoisotopic (exact) mass is 245 g/mol. The maximum atomic E-state index is 12.1. The molecule has 2 aromatic heterocycles. The van der Waals surface area contributed by atoms with Crippen molar-refractivity contribution in [3.63, 3.8) is 0 Å². The largest absolute Gasteiger partial charge is 0.396 e. The first-order chi connectivity index (χ1) is 8.61. The van der Waals surface area contributed by atoms with Crippen molar-refractivity contribution in [2.24, 2.45) is 0 Å². The summed E-state index contributed by atoms with van der Waals surface area (Å²) in [7, 11) is 0. The number of carbonyl (C=O) groups excluding carboxylic acids is 1. The molecule has 94 valence electrons. The second kappa shape index (κ2) is 4.87. The van der Waals surface area contributed by atoms with Crippen molar-refractivity contribution in [1.29, 1.82) is 0 Å². The highest BCUT2D eigenvalue weighted by atomic mass is 16.2. The number of aromatic nitrogens is 3. The van der Waals surface area contributed by atoms with E-state index in [2.05, 4.69) is 15.4 Å². The summed E-state index contributed by atoms with van der Waals surface area (Å²) >= 11 is 0. The standard InChI is InChI=1S/C12H15N5O/c1-3-17-11(10(13)7-15-17)12(18)16-9-4-5-14-8(2)6-9/h4-7H,3,13H2,1-2H3,(H,14,16,18). The number of pyridine rings is 1. The van der Waals surface area contributed by atoms with Gasteiger partial charge in [0.05, 0.1) is 11.9 Å². The van der Waals surface area contributed by atoms with E-state index in [1.807, 2.05) is 13.8 Å². The number of nitrogens with one attached hydrogen (secondary N) is 1. The van der Waals surface area contributed by atoms with Crippen LogP contribution in [0.3, 0.4) is 0 Å². The SMILES string of the molecule is CCn1ncc(N)c1C(=O)Nc1ccnc(C)c1. The lowest BCUT2D eigenvalue weighted by Crippen LogP contribution is -2.18. The van der Waals surface area contributed by atoms with Gasteiger partial charge >= 0.3 is 0 Å². The van der Waals surface area contributed by atoms with Gasteiger partial charge in [-0.1, -0.05) is 0 Å². The molecule has 0 aliphatic heterocycles. The molecule has 6 heteroatoms. The van der Waals surface area contributed by atoms with Gasteiger partial charge in [0.15, 0.2) is 0 Å². The molecule has 0 bridgehead atoms. The van der Waals surface area contributed by atoms with Crippen LogP contribution < -0.4 is 11.1 Å². The van der Waals surface area contributed by atoms with E-state index in [9.17, 15) is 4.79 Å². The Bertz CT molecular complexity index is 576. The molecule has 1 amide bonds. The van der Waals surface area contributed by atoms with Crippen LogP contribution in [0, 0.1) is 6.92 Å². The van der Waals surface area contributed by atoms with Gasteiger partial charge in [-0.25, -0.2) is 0 Å². The van der Waals surface area contributed by atoms with E-state index in [-0.39, 0.29) is 5.91 Å². The number of nitrogens with zero attached hydrogens (tertiary/aromatic N) is 3. The molecule has 2 aromatic rings. The first kappa shape index (κ1) is 12.1. The average Bonchev–Trinajstić information content (AvgIpc) is 2.70. The highest BCUT2D eigenvalue weighted by Gasteiger charge is 2.16. The summed E-state index contributed by atoms with van der Waals surface area (Å²) in [5.41, 5.74) is 8.03. The number of nitrogens with two attached hydrogens (primary N) is 1. The van der Waals surface area contributed by atoms with Gasteiger partial charge in [0.25, 0.3) is 5.91 Å².